The van der Waals surface area contributed by atoms with Gasteiger partial charge in [0, 0.05) is 23.8 Å². The number of aliphatic hydroxyl groups is 1. The van der Waals surface area contributed by atoms with Crippen LogP contribution in [0.5, 0.6) is 5.75 Å². The summed E-state index contributed by atoms with van der Waals surface area (Å²) in [5.41, 5.74) is 0.987. The van der Waals surface area contributed by atoms with Crippen molar-refractivity contribution in [3.63, 3.8) is 0 Å². The lowest BCUT2D eigenvalue weighted by Gasteiger charge is -2.41. The molecule has 2 heterocycles. The first kappa shape index (κ1) is 25.2. The number of hydrogen-bond donors (Lipinski definition) is 1. The van der Waals surface area contributed by atoms with Gasteiger partial charge in [0.1, 0.15) is 11.9 Å². The molecule has 0 amide bonds. The van der Waals surface area contributed by atoms with Crippen LogP contribution in [0.2, 0.25) is 5.02 Å². The highest BCUT2D eigenvalue weighted by Crippen LogP contribution is 2.41. The summed E-state index contributed by atoms with van der Waals surface area (Å²) in [6.07, 6.45) is 9.61. The Kier molecular flexibility index (Phi) is 9.57. The first-order valence-corrected chi connectivity index (χ1v) is 12.5. The van der Waals surface area contributed by atoms with Crippen LogP contribution in [0, 0.1) is 5.41 Å². The van der Waals surface area contributed by atoms with Crippen molar-refractivity contribution in [1.29, 1.82) is 0 Å². The molecule has 6 heteroatoms. The number of aromatic nitrogens is 1. The van der Waals surface area contributed by atoms with Crippen molar-refractivity contribution in [3.8, 4) is 5.75 Å². The Balaban J connectivity index is 1.59. The first-order valence-electron chi connectivity index (χ1n) is 12.1. The zero-order valence-electron chi connectivity index (χ0n) is 19.6. The molecule has 1 saturated heterocycles. The molecule has 0 spiro atoms. The molecule has 1 N–H and O–H groups in total. The van der Waals surface area contributed by atoms with E-state index in [1.165, 1.54) is 38.3 Å². The number of nitrogens with zero attached hydrogens (tertiary/aromatic N) is 2. The summed E-state index contributed by atoms with van der Waals surface area (Å²) in [6, 6.07) is 5.45. The third-order valence-electron chi connectivity index (χ3n) is 7.14. The Morgan fingerprint density at radius 3 is 2.66 bits per heavy atom. The van der Waals surface area contributed by atoms with Crippen LogP contribution in [-0.4, -0.2) is 48.3 Å². The second kappa shape index (κ2) is 12.2. The zero-order valence-corrected chi connectivity index (χ0v) is 20.3. The summed E-state index contributed by atoms with van der Waals surface area (Å²) in [7, 11) is 1.59. The van der Waals surface area contributed by atoms with Gasteiger partial charge in [0.25, 0.3) is 0 Å². The fourth-order valence-electron chi connectivity index (χ4n) is 4.87. The van der Waals surface area contributed by atoms with Crippen molar-refractivity contribution in [2.24, 2.45) is 5.41 Å². The van der Waals surface area contributed by atoms with Crippen molar-refractivity contribution in [3.05, 3.63) is 35.0 Å². The molecule has 0 aliphatic carbocycles. The van der Waals surface area contributed by atoms with E-state index in [1.54, 1.807) is 13.2 Å². The summed E-state index contributed by atoms with van der Waals surface area (Å²) in [4.78, 5) is 6.83. The number of halogens is 2. The first-order chi connectivity index (χ1) is 15.5. The van der Waals surface area contributed by atoms with Crippen LogP contribution in [0.3, 0.4) is 0 Å². The fraction of sp³-hybridized carbons (Fsp3) is 0.654. The van der Waals surface area contributed by atoms with Gasteiger partial charge >= 0.3 is 0 Å². The van der Waals surface area contributed by atoms with Crippen LogP contribution >= 0.6 is 11.6 Å². The maximum absolute atomic E-state index is 15.5. The maximum Gasteiger partial charge on any atom is 0.127 e. The fourth-order valence-corrected chi connectivity index (χ4v) is 5.14. The van der Waals surface area contributed by atoms with Gasteiger partial charge < -0.3 is 14.7 Å². The predicted molar refractivity (Wildman–Crippen MR) is 130 cm³/mol. The van der Waals surface area contributed by atoms with Crippen LogP contribution in [0.15, 0.2) is 24.4 Å². The molecule has 0 unspecified atom stereocenters. The van der Waals surface area contributed by atoms with Crippen molar-refractivity contribution in [2.75, 3.05) is 33.4 Å². The van der Waals surface area contributed by atoms with Gasteiger partial charge in [-0.3, -0.25) is 4.98 Å². The third-order valence-corrected chi connectivity index (χ3v) is 7.44. The Hall–Kier alpha value is -1.43. The molecular formula is C26H38ClFN2O2. The van der Waals surface area contributed by atoms with Crippen LogP contribution in [0.4, 0.5) is 4.39 Å². The second-order valence-corrected chi connectivity index (χ2v) is 9.73. The number of ether oxygens (including phenoxy) is 1. The van der Waals surface area contributed by atoms with E-state index in [-0.39, 0.29) is 12.0 Å². The third kappa shape index (κ3) is 6.33. The number of rotatable bonds is 12. The average Bonchev–Trinajstić information content (AvgIpc) is 2.82. The minimum Gasteiger partial charge on any atom is -0.497 e. The second-order valence-electron chi connectivity index (χ2n) is 9.32. The van der Waals surface area contributed by atoms with Gasteiger partial charge in [-0.25, -0.2) is 4.39 Å². The highest BCUT2D eigenvalue weighted by atomic mass is 35.5. The number of unbranched alkanes of at least 4 members (excludes halogenated alkanes) is 4. The molecule has 1 atom stereocenters. The molecule has 1 aliphatic heterocycles. The van der Waals surface area contributed by atoms with Crippen molar-refractivity contribution < 1.29 is 14.2 Å². The molecule has 2 aromatic rings. The van der Waals surface area contributed by atoms with Gasteiger partial charge in [-0.15, -0.1) is 0 Å². The largest absolute Gasteiger partial charge is 0.497 e. The Labute approximate surface area is 197 Å². The number of piperidine rings is 1. The molecule has 0 bridgehead atoms. The Morgan fingerprint density at radius 1 is 1.22 bits per heavy atom. The number of benzene rings is 1. The maximum atomic E-state index is 15.5. The highest BCUT2D eigenvalue weighted by molar-refractivity contribution is 6.32. The molecule has 178 valence electrons. The topological polar surface area (TPSA) is 45.6 Å². The van der Waals surface area contributed by atoms with E-state index in [9.17, 15) is 5.11 Å². The number of hydrogen-bond acceptors (Lipinski definition) is 4. The number of aliphatic hydroxyl groups excluding tert-OH is 1. The van der Waals surface area contributed by atoms with E-state index in [0.717, 1.165) is 32.5 Å². The summed E-state index contributed by atoms with van der Waals surface area (Å²) in [6.45, 7) is 5.46. The smallest absolute Gasteiger partial charge is 0.127 e. The molecule has 1 aromatic heterocycles. The van der Waals surface area contributed by atoms with Gasteiger partial charge in [-0.1, -0.05) is 44.2 Å². The van der Waals surface area contributed by atoms with Crippen LogP contribution in [0.1, 0.15) is 76.4 Å². The normalized spacial score (nSPS) is 17.5. The summed E-state index contributed by atoms with van der Waals surface area (Å²) < 4.78 is 20.8. The number of fused-ring (bicyclic) bond motifs is 1. The number of likely N-dealkylation sites (tertiary alicyclic amines) is 1. The van der Waals surface area contributed by atoms with Gasteiger partial charge in [-0.2, -0.15) is 0 Å². The lowest BCUT2D eigenvalue weighted by Crippen LogP contribution is -2.42. The van der Waals surface area contributed by atoms with E-state index < -0.39 is 6.17 Å². The van der Waals surface area contributed by atoms with Crippen molar-refractivity contribution in [2.45, 2.75) is 70.9 Å². The quantitative estimate of drug-likeness (QED) is 0.353. The van der Waals surface area contributed by atoms with E-state index in [2.05, 4.69) is 16.8 Å². The van der Waals surface area contributed by atoms with E-state index in [1.807, 2.05) is 12.1 Å². The predicted octanol–water partition coefficient (Wildman–Crippen LogP) is 6.73. The van der Waals surface area contributed by atoms with Crippen LogP contribution in [0.25, 0.3) is 10.9 Å². The molecule has 1 aliphatic rings. The highest BCUT2D eigenvalue weighted by Gasteiger charge is 2.35. The Morgan fingerprint density at radius 2 is 1.97 bits per heavy atom. The van der Waals surface area contributed by atoms with Crippen molar-refractivity contribution >= 4 is 22.5 Å². The SMILES string of the molecule is CCCCCCCN1CCC(CO)(CC[C@@H](F)c2c(Cl)cnc3ccc(OC)cc23)CC1. The monoisotopic (exact) mass is 464 g/mol. The lowest BCUT2D eigenvalue weighted by atomic mass is 9.74. The van der Waals surface area contributed by atoms with Crippen LogP contribution in [-0.2, 0) is 0 Å². The summed E-state index contributed by atoms with van der Waals surface area (Å²) >= 11 is 6.38. The molecule has 4 nitrogen and oxygen atoms in total. The minimum absolute atomic E-state index is 0.114. The summed E-state index contributed by atoms with van der Waals surface area (Å²) in [5.74, 6) is 0.656. The molecule has 32 heavy (non-hydrogen) atoms. The van der Waals surface area contributed by atoms with Crippen LogP contribution < -0.4 is 4.74 Å². The molecule has 1 aromatic carbocycles. The zero-order chi connectivity index (χ0) is 23.0. The van der Waals surface area contributed by atoms with Gasteiger partial charge in [0.2, 0.25) is 0 Å². The molecular weight excluding hydrogens is 427 g/mol. The molecule has 0 saturated carbocycles. The van der Waals surface area contributed by atoms with E-state index in [0.29, 0.717) is 40.1 Å². The van der Waals surface area contributed by atoms with E-state index >= 15 is 4.39 Å². The molecule has 1 fully saturated rings. The standard InChI is InChI=1S/C26H38ClFN2O2/c1-3-4-5-6-7-14-30-15-12-26(19-31,13-16-30)11-10-23(28)25-21-17-20(32-2)8-9-24(21)29-18-22(25)27/h8-9,17-18,23,31H,3-7,10-16,19H2,1-2H3/t23-/m1/s1. The molecule has 0 radical (unpaired) electrons. The summed E-state index contributed by atoms with van der Waals surface area (Å²) in [5, 5.41) is 11.2. The number of alkyl halides is 1. The average molecular weight is 465 g/mol. The van der Waals surface area contributed by atoms with Gasteiger partial charge in [-0.05, 0) is 75.4 Å². The number of methoxy groups -OCH3 is 1. The molecule has 3 rings (SSSR count). The van der Waals surface area contributed by atoms with Gasteiger partial charge in [0.15, 0.2) is 0 Å². The Bertz CT molecular complexity index is 855. The van der Waals surface area contributed by atoms with Gasteiger partial charge in [0.05, 0.1) is 17.6 Å². The number of pyridine rings is 1. The lowest BCUT2D eigenvalue weighted by molar-refractivity contribution is 0.0298. The van der Waals surface area contributed by atoms with Crippen molar-refractivity contribution in [1.82, 2.24) is 9.88 Å². The minimum atomic E-state index is -1.21. The van der Waals surface area contributed by atoms with E-state index in [4.69, 9.17) is 16.3 Å².